The number of hydrogen-bond acceptors (Lipinski definition) is 2. The van der Waals surface area contributed by atoms with Crippen LogP contribution in [0.3, 0.4) is 0 Å². The van der Waals surface area contributed by atoms with Crippen molar-refractivity contribution in [2.75, 3.05) is 0 Å². The minimum absolute atomic E-state index is 0.257. The molecular formula is H2O4PTa. The molecule has 0 amide bonds. The van der Waals surface area contributed by atoms with Gasteiger partial charge in [-0.25, -0.2) is 0 Å². The van der Waals surface area contributed by atoms with E-state index in [1.165, 1.54) is 0 Å². The van der Waals surface area contributed by atoms with Crippen molar-refractivity contribution in [2.45, 2.75) is 0 Å². The third-order valence-corrected chi connectivity index (χ3v) is 2.61. The van der Waals surface area contributed by atoms with Crippen molar-refractivity contribution in [2.24, 2.45) is 0 Å². The van der Waals surface area contributed by atoms with Gasteiger partial charge in [-0.05, 0) is 0 Å². The van der Waals surface area contributed by atoms with Crippen molar-refractivity contribution in [1.29, 1.82) is 0 Å². The van der Waals surface area contributed by atoms with E-state index in [4.69, 9.17) is 9.79 Å². The molecule has 0 saturated carbocycles. The minimum atomic E-state index is -4.10. The van der Waals surface area contributed by atoms with E-state index in [1.54, 1.807) is 0 Å². The molecule has 0 aliphatic rings. The van der Waals surface area contributed by atoms with Gasteiger partial charge in [0.05, 0.1) is 0 Å². The Morgan fingerprint density at radius 1 is 1.67 bits per heavy atom. The summed E-state index contributed by atoms with van der Waals surface area (Å²) >= 11 is 0.257. The summed E-state index contributed by atoms with van der Waals surface area (Å²) in [6, 6.07) is 0. The van der Waals surface area contributed by atoms with Crippen LogP contribution in [0.2, 0.25) is 0 Å². The maximum atomic E-state index is 9.50. The summed E-state index contributed by atoms with van der Waals surface area (Å²) in [5.41, 5.74) is 0. The van der Waals surface area contributed by atoms with Crippen molar-refractivity contribution in [3.63, 3.8) is 0 Å². The Morgan fingerprint density at radius 3 is 1.83 bits per heavy atom. The zero-order valence-electron chi connectivity index (χ0n) is 2.61. The monoisotopic (exact) mass is 278 g/mol. The Bertz CT molecular complexity index is 71.6. The molecular weight excluding hydrogens is 276 g/mol. The van der Waals surface area contributed by atoms with E-state index in [0.717, 1.165) is 0 Å². The predicted octanol–water partition coefficient (Wildman–Crippen LogP) is -0.443. The van der Waals surface area contributed by atoms with Gasteiger partial charge in [0, 0.05) is 0 Å². The van der Waals surface area contributed by atoms with E-state index in [2.05, 4.69) is 3.03 Å². The molecule has 0 heterocycles. The first kappa shape index (κ1) is 6.85. The van der Waals surface area contributed by atoms with Gasteiger partial charge in [-0.1, -0.05) is 0 Å². The van der Waals surface area contributed by atoms with Crippen LogP contribution in [0.1, 0.15) is 0 Å². The Balaban J connectivity index is 3.48. The molecule has 6 heavy (non-hydrogen) atoms. The van der Waals surface area contributed by atoms with Gasteiger partial charge in [-0.2, -0.15) is 0 Å². The molecule has 4 nitrogen and oxygen atoms in total. The Kier molecular flexibility index (Phi) is 2.55. The number of hydrogen-bond donors (Lipinski definition) is 2. The molecule has 0 aromatic rings. The quantitative estimate of drug-likeness (QED) is 0.638. The number of rotatable bonds is 1. The van der Waals surface area contributed by atoms with E-state index < -0.39 is 7.82 Å². The fourth-order valence-corrected chi connectivity index (χ4v) is 0. The first-order valence-electron chi connectivity index (χ1n) is 0.948. The van der Waals surface area contributed by atoms with Crippen LogP contribution >= 0.6 is 7.82 Å². The van der Waals surface area contributed by atoms with Crippen LogP contribution in [0.25, 0.3) is 0 Å². The van der Waals surface area contributed by atoms with Crippen LogP contribution in [0.15, 0.2) is 0 Å². The molecule has 0 atom stereocenters. The molecule has 6 heteroatoms. The summed E-state index contributed by atoms with van der Waals surface area (Å²) in [6.45, 7) is 0. The average Bonchev–Trinajstić information content (AvgIpc) is 1.35. The fraction of sp³-hybridized carbons (Fsp3) is 0. The van der Waals surface area contributed by atoms with Crippen molar-refractivity contribution in [3.05, 3.63) is 0 Å². The molecule has 36 valence electrons. The van der Waals surface area contributed by atoms with Crippen LogP contribution in [-0.2, 0) is 29.1 Å². The normalized spacial score (nSPS) is 11.7. The van der Waals surface area contributed by atoms with Gasteiger partial charge in [-0.15, -0.1) is 0 Å². The third kappa shape index (κ3) is 4.85. The van der Waals surface area contributed by atoms with E-state index in [0.29, 0.717) is 0 Å². The predicted molar refractivity (Wildman–Crippen MR) is 13.1 cm³/mol. The zero-order chi connectivity index (χ0) is 5.21. The van der Waals surface area contributed by atoms with Gasteiger partial charge < -0.3 is 0 Å². The second kappa shape index (κ2) is 2.23. The topological polar surface area (TPSA) is 66.8 Å². The van der Waals surface area contributed by atoms with Gasteiger partial charge in [0.1, 0.15) is 0 Å². The summed E-state index contributed by atoms with van der Waals surface area (Å²) in [4.78, 5) is 15.5. The van der Waals surface area contributed by atoms with Crippen molar-refractivity contribution in [3.8, 4) is 0 Å². The molecule has 0 fully saturated rings. The van der Waals surface area contributed by atoms with Gasteiger partial charge in [0.25, 0.3) is 0 Å². The molecule has 0 rings (SSSR count). The fourth-order valence-electron chi connectivity index (χ4n) is 0. The summed E-state index contributed by atoms with van der Waals surface area (Å²) in [6.07, 6.45) is 0. The SMILES string of the molecule is O=P(O)(O)[O][Ta]. The summed E-state index contributed by atoms with van der Waals surface area (Å²) in [7, 11) is -4.10. The Hall–Kier alpha value is 0.850. The van der Waals surface area contributed by atoms with E-state index >= 15 is 0 Å². The zero-order valence-corrected chi connectivity index (χ0v) is 6.71. The molecule has 0 saturated heterocycles. The summed E-state index contributed by atoms with van der Waals surface area (Å²) < 4.78 is 13.2. The van der Waals surface area contributed by atoms with Crippen molar-refractivity contribution >= 4 is 7.82 Å². The molecule has 0 unspecified atom stereocenters. The van der Waals surface area contributed by atoms with E-state index in [9.17, 15) is 4.57 Å². The summed E-state index contributed by atoms with van der Waals surface area (Å²) in [5, 5.41) is 0. The molecule has 0 aromatic carbocycles. The van der Waals surface area contributed by atoms with Crippen LogP contribution in [0, 0.1) is 0 Å². The van der Waals surface area contributed by atoms with Crippen LogP contribution in [0.5, 0.6) is 0 Å². The second-order valence-corrected chi connectivity index (χ2v) is 3.48. The van der Waals surface area contributed by atoms with Gasteiger partial charge in [0.2, 0.25) is 0 Å². The molecule has 0 radical (unpaired) electrons. The molecule has 0 aromatic heterocycles. The van der Waals surface area contributed by atoms with Crippen molar-refractivity contribution in [1.82, 2.24) is 0 Å². The van der Waals surface area contributed by atoms with Gasteiger partial charge in [-0.3, -0.25) is 0 Å². The average molecular weight is 278 g/mol. The molecule has 0 spiro atoms. The second-order valence-electron chi connectivity index (χ2n) is 0.572. The molecule has 0 bridgehead atoms. The Morgan fingerprint density at radius 2 is 1.83 bits per heavy atom. The van der Waals surface area contributed by atoms with Gasteiger partial charge in [0.15, 0.2) is 0 Å². The van der Waals surface area contributed by atoms with Crippen LogP contribution in [-0.4, -0.2) is 9.79 Å². The third-order valence-electron chi connectivity index (χ3n) is 0.106. The standard InChI is InChI=1S/H3O4P.Ta/c1-5(2,3)4;/h(H3,1,2,3,4);/q;+1/p-1. The van der Waals surface area contributed by atoms with E-state index in [-0.39, 0.29) is 21.5 Å². The summed E-state index contributed by atoms with van der Waals surface area (Å²) in [5.74, 6) is 0. The van der Waals surface area contributed by atoms with Crippen molar-refractivity contribution < 1.29 is 38.8 Å². The van der Waals surface area contributed by atoms with Crippen LogP contribution in [0.4, 0.5) is 0 Å². The van der Waals surface area contributed by atoms with E-state index in [1.807, 2.05) is 0 Å². The Labute approximate surface area is 47.2 Å². The van der Waals surface area contributed by atoms with Gasteiger partial charge >= 0.3 is 46.7 Å². The first-order chi connectivity index (χ1) is 2.56. The molecule has 0 aliphatic heterocycles. The van der Waals surface area contributed by atoms with Crippen LogP contribution < -0.4 is 0 Å². The number of phosphoric acid groups is 1. The maximum absolute atomic E-state index is 9.50. The molecule has 2 N–H and O–H groups in total. The first-order valence-corrected chi connectivity index (χ1v) is 3.79. The molecule has 0 aliphatic carbocycles.